The number of ether oxygens (including phenoxy) is 3. The van der Waals surface area contributed by atoms with Gasteiger partial charge in [0.1, 0.15) is 11.9 Å². The van der Waals surface area contributed by atoms with Gasteiger partial charge in [0.05, 0.1) is 54.1 Å². The maximum Gasteiger partial charge on any atom is 0.416 e. The molecule has 1 fully saturated rings. The Kier molecular flexibility index (Phi) is 10.3. The predicted molar refractivity (Wildman–Crippen MR) is 156 cm³/mol. The first-order chi connectivity index (χ1) is 21.0. The number of morpholine rings is 1. The van der Waals surface area contributed by atoms with Crippen LogP contribution in [0.5, 0.6) is 0 Å². The van der Waals surface area contributed by atoms with E-state index in [0.29, 0.717) is 50.4 Å². The van der Waals surface area contributed by atoms with Crippen molar-refractivity contribution in [1.82, 2.24) is 4.90 Å². The molecule has 12 heteroatoms. The highest BCUT2D eigenvalue weighted by molar-refractivity contribution is 6.01. The monoisotopic (exact) mass is 612 g/mol. The number of nitrogens with zero attached hydrogens (tertiary/aromatic N) is 3. The number of benzene rings is 2. The SMILES string of the molecule is CCOC(=O)C1=C(N)N(c2cccc(C(F)(F)F)c2)C(C)=C(C(=O)OC(CC)CN2CCOCC2)C1c1ccc(C#N)cc1. The Morgan fingerprint density at radius 1 is 1.09 bits per heavy atom. The van der Waals surface area contributed by atoms with Gasteiger partial charge in [0.15, 0.2) is 0 Å². The predicted octanol–water partition coefficient (Wildman–Crippen LogP) is 4.84. The zero-order chi connectivity index (χ0) is 32.0. The number of carbonyl (C=O) groups is 2. The number of hydrogen-bond donors (Lipinski definition) is 1. The smallest absolute Gasteiger partial charge is 0.416 e. The number of esters is 2. The molecule has 2 N–H and O–H groups in total. The van der Waals surface area contributed by atoms with Crippen molar-refractivity contribution in [3.63, 3.8) is 0 Å². The fourth-order valence-electron chi connectivity index (χ4n) is 5.39. The van der Waals surface area contributed by atoms with E-state index in [1.807, 2.05) is 13.0 Å². The van der Waals surface area contributed by atoms with Crippen molar-refractivity contribution in [3.8, 4) is 6.07 Å². The average molecular weight is 613 g/mol. The van der Waals surface area contributed by atoms with Gasteiger partial charge in [0.25, 0.3) is 0 Å². The van der Waals surface area contributed by atoms with Crippen LogP contribution in [0.15, 0.2) is 71.2 Å². The van der Waals surface area contributed by atoms with Gasteiger partial charge in [-0.2, -0.15) is 18.4 Å². The van der Waals surface area contributed by atoms with E-state index < -0.39 is 35.7 Å². The minimum atomic E-state index is -4.65. The molecule has 0 amide bonds. The van der Waals surface area contributed by atoms with Gasteiger partial charge in [-0.05, 0) is 56.2 Å². The summed E-state index contributed by atoms with van der Waals surface area (Å²) in [6, 6.07) is 12.8. The van der Waals surface area contributed by atoms with Gasteiger partial charge in [-0.3, -0.25) is 4.90 Å². The van der Waals surface area contributed by atoms with Crippen molar-refractivity contribution in [2.75, 3.05) is 44.4 Å². The second-order valence-electron chi connectivity index (χ2n) is 10.4. The normalized spacial score (nSPS) is 18.6. The van der Waals surface area contributed by atoms with E-state index in [4.69, 9.17) is 19.9 Å². The highest BCUT2D eigenvalue weighted by Crippen LogP contribution is 2.44. The number of alkyl halides is 3. The number of halogens is 3. The van der Waals surface area contributed by atoms with E-state index in [1.54, 1.807) is 38.1 Å². The van der Waals surface area contributed by atoms with Crippen molar-refractivity contribution in [2.45, 2.75) is 45.4 Å². The maximum atomic E-state index is 14.2. The van der Waals surface area contributed by atoms with E-state index in [-0.39, 0.29) is 35.0 Å². The van der Waals surface area contributed by atoms with Gasteiger partial charge in [-0.1, -0.05) is 25.1 Å². The lowest BCUT2D eigenvalue weighted by Crippen LogP contribution is -2.43. The van der Waals surface area contributed by atoms with Crippen LogP contribution in [0, 0.1) is 11.3 Å². The molecule has 2 atom stereocenters. The quantitative estimate of drug-likeness (QED) is 0.397. The summed E-state index contributed by atoms with van der Waals surface area (Å²) < 4.78 is 57.9. The van der Waals surface area contributed by atoms with Crippen molar-refractivity contribution >= 4 is 17.6 Å². The number of carbonyl (C=O) groups excluding carboxylic acids is 2. The molecular weight excluding hydrogens is 577 g/mol. The molecule has 1 saturated heterocycles. The number of hydrogen-bond acceptors (Lipinski definition) is 9. The minimum Gasteiger partial charge on any atom is -0.463 e. The first-order valence-electron chi connectivity index (χ1n) is 14.4. The summed E-state index contributed by atoms with van der Waals surface area (Å²) in [7, 11) is 0. The average Bonchev–Trinajstić information content (AvgIpc) is 3.00. The van der Waals surface area contributed by atoms with Gasteiger partial charge in [0, 0.05) is 31.0 Å². The molecule has 2 aromatic rings. The molecule has 4 rings (SSSR count). The van der Waals surface area contributed by atoms with E-state index >= 15 is 0 Å². The van der Waals surface area contributed by atoms with Crippen LogP contribution >= 0.6 is 0 Å². The number of nitrogens with two attached hydrogens (primary N) is 1. The number of allylic oxidation sites excluding steroid dienone is 1. The lowest BCUT2D eigenvalue weighted by Gasteiger charge is -2.38. The van der Waals surface area contributed by atoms with Crippen LogP contribution in [-0.2, 0) is 30.0 Å². The Morgan fingerprint density at radius 3 is 2.36 bits per heavy atom. The third kappa shape index (κ3) is 7.06. The lowest BCUT2D eigenvalue weighted by molar-refractivity contribution is -0.146. The second-order valence-corrected chi connectivity index (χ2v) is 10.4. The summed E-state index contributed by atoms with van der Waals surface area (Å²) in [4.78, 5) is 31.1. The molecular formula is C32H35F3N4O5. The topological polar surface area (TPSA) is 118 Å². The number of anilines is 1. The standard InChI is InChI=1S/C32H35F3N4O5/c1-4-25(19-38-13-15-42-16-14-38)44-31(41)26-20(3)39(24-8-6-7-23(17-24)32(33,34)35)29(37)28(30(40)43-5-2)27(26)22-11-9-21(18-36)10-12-22/h6-12,17,25,27H,4-5,13-16,19,37H2,1-3H3. The van der Waals surface area contributed by atoms with Gasteiger partial charge in [0.2, 0.25) is 0 Å². The fraction of sp³-hybridized carbons (Fsp3) is 0.406. The Labute approximate surface area is 254 Å². The molecule has 0 aromatic heterocycles. The van der Waals surface area contributed by atoms with Crippen LogP contribution in [0.2, 0.25) is 0 Å². The van der Waals surface area contributed by atoms with Gasteiger partial charge in [-0.25, -0.2) is 9.59 Å². The molecule has 2 aromatic carbocycles. The van der Waals surface area contributed by atoms with E-state index in [0.717, 1.165) is 12.1 Å². The maximum absolute atomic E-state index is 14.2. The Balaban J connectivity index is 1.88. The molecule has 234 valence electrons. The van der Waals surface area contributed by atoms with Crippen LogP contribution < -0.4 is 10.6 Å². The summed E-state index contributed by atoms with van der Waals surface area (Å²) in [5.74, 6) is -2.86. The molecule has 2 heterocycles. The third-order valence-electron chi connectivity index (χ3n) is 7.63. The van der Waals surface area contributed by atoms with Crippen LogP contribution in [0.25, 0.3) is 0 Å². The van der Waals surface area contributed by atoms with Gasteiger partial charge in [-0.15, -0.1) is 0 Å². The first-order valence-corrected chi connectivity index (χ1v) is 14.4. The molecule has 2 aliphatic heterocycles. The minimum absolute atomic E-state index is 0.000519. The molecule has 9 nitrogen and oxygen atoms in total. The largest absolute Gasteiger partial charge is 0.463 e. The molecule has 0 saturated carbocycles. The summed E-state index contributed by atoms with van der Waals surface area (Å²) in [5.41, 5.74) is 6.55. The molecule has 0 aliphatic carbocycles. The summed E-state index contributed by atoms with van der Waals surface area (Å²) >= 11 is 0. The van der Waals surface area contributed by atoms with Crippen LogP contribution in [-0.4, -0.2) is 62.4 Å². The third-order valence-corrected chi connectivity index (χ3v) is 7.63. The molecule has 2 unspecified atom stereocenters. The second kappa shape index (κ2) is 14.0. The van der Waals surface area contributed by atoms with Crippen molar-refractivity contribution in [3.05, 3.63) is 87.9 Å². The van der Waals surface area contributed by atoms with Crippen LogP contribution in [0.1, 0.15) is 49.8 Å². The zero-order valence-electron chi connectivity index (χ0n) is 24.8. The summed E-state index contributed by atoms with van der Waals surface area (Å²) in [6.07, 6.45) is -4.66. The highest BCUT2D eigenvalue weighted by atomic mass is 19.4. The van der Waals surface area contributed by atoms with E-state index in [9.17, 15) is 28.0 Å². The Morgan fingerprint density at radius 2 is 1.77 bits per heavy atom. The van der Waals surface area contributed by atoms with Gasteiger partial charge < -0.3 is 24.8 Å². The first kappa shape index (κ1) is 32.6. The fourth-order valence-corrected chi connectivity index (χ4v) is 5.39. The van der Waals surface area contributed by atoms with Gasteiger partial charge >= 0.3 is 18.1 Å². The molecule has 2 aliphatic rings. The number of nitriles is 1. The van der Waals surface area contributed by atoms with Crippen molar-refractivity contribution < 1.29 is 37.0 Å². The molecule has 0 radical (unpaired) electrons. The van der Waals surface area contributed by atoms with Crippen molar-refractivity contribution in [1.29, 1.82) is 5.26 Å². The Bertz CT molecular complexity index is 1470. The lowest BCUT2D eigenvalue weighted by atomic mass is 9.80. The highest BCUT2D eigenvalue weighted by Gasteiger charge is 2.43. The van der Waals surface area contributed by atoms with Crippen LogP contribution in [0.4, 0.5) is 18.9 Å². The van der Waals surface area contributed by atoms with E-state index in [2.05, 4.69) is 4.90 Å². The molecule has 44 heavy (non-hydrogen) atoms. The summed E-state index contributed by atoms with van der Waals surface area (Å²) in [6.45, 7) is 7.97. The zero-order valence-corrected chi connectivity index (χ0v) is 24.8. The van der Waals surface area contributed by atoms with Crippen LogP contribution in [0.3, 0.4) is 0 Å². The molecule has 0 bridgehead atoms. The van der Waals surface area contributed by atoms with Crippen molar-refractivity contribution in [2.24, 2.45) is 5.73 Å². The van der Waals surface area contributed by atoms with E-state index in [1.165, 1.54) is 17.0 Å². The summed E-state index contributed by atoms with van der Waals surface area (Å²) in [5, 5.41) is 9.34. The molecule has 0 spiro atoms. The number of rotatable bonds is 9. The Hall–Kier alpha value is -4.34.